The molecule has 0 amide bonds. The highest BCUT2D eigenvalue weighted by atomic mass is 15.1. The van der Waals surface area contributed by atoms with E-state index in [4.69, 9.17) is 4.98 Å². The van der Waals surface area contributed by atoms with Gasteiger partial charge in [0.15, 0.2) is 0 Å². The summed E-state index contributed by atoms with van der Waals surface area (Å²) in [6, 6.07) is 23.0. The van der Waals surface area contributed by atoms with Crippen LogP contribution < -0.4 is 5.32 Å². The topological polar surface area (TPSA) is 29.3 Å². The lowest BCUT2D eigenvalue weighted by Crippen LogP contribution is -2.04. The van der Waals surface area contributed by atoms with E-state index in [1.165, 1.54) is 16.7 Å². The number of pyridine rings is 1. The zero-order chi connectivity index (χ0) is 18.1. The van der Waals surface area contributed by atoms with Gasteiger partial charge in [-0.1, -0.05) is 61.5 Å². The maximum Gasteiger partial charge on any atom is 0.139 e. The van der Waals surface area contributed by atoms with Crippen molar-refractivity contribution >= 4 is 17.2 Å². The van der Waals surface area contributed by atoms with E-state index in [9.17, 15) is 0 Å². The number of hydrogen-bond donors (Lipinski definition) is 1. The molecular weight excluding hydrogens is 318 g/mol. The molecule has 0 saturated heterocycles. The summed E-state index contributed by atoms with van der Waals surface area (Å²) in [4.78, 5) is 4.94. The fraction of sp³-hybridized carbons (Fsp3) is 0.174. The number of aromatic nitrogens is 2. The van der Waals surface area contributed by atoms with E-state index < -0.39 is 0 Å². The number of para-hydroxylation sites is 1. The Balaban J connectivity index is 1.87. The lowest BCUT2D eigenvalue weighted by molar-refractivity contribution is 0.888. The van der Waals surface area contributed by atoms with Crippen molar-refractivity contribution in [2.45, 2.75) is 26.7 Å². The Labute approximate surface area is 154 Å². The molecule has 2 aromatic carbocycles. The molecule has 1 unspecified atom stereocenters. The molecule has 1 atom stereocenters. The molecule has 0 aliphatic rings. The van der Waals surface area contributed by atoms with Gasteiger partial charge < -0.3 is 5.32 Å². The number of nitrogens with one attached hydrogen (secondary N) is 1. The summed E-state index contributed by atoms with van der Waals surface area (Å²) in [7, 11) is 0. The standard InChI is InChI=1S/C23H23N3/c1-16-10-9-11-17(2)21(16)25-23-22(18(3)19-12-5-4-6-13-19)24-20-14-7-8-15-26(20)23/h4-15,18,25H,1-3H3. The molecule has 0 bridgehead atoms. The third-order valence-electron chi connectivity index (χ3n) is 4.99. The SMILES string of the molecule is Cc1cccc(C)c1Nc1c(C(C)c2ccccc2)nc2ccccn12. The van der Waals surface area contributed by atoms with Crippen molar-refractivity contribution in [1.82, 2.24) is 9.38 Å². The maximum atomic E-state index is 4.94. The van der Waals surface area contributed by atoms with Crippen molar-refractivity contribution in [3.8, 4) is 0 Å². The van der Waals surface area contributed by atoms with Crippen LogP contribution in [0.3, 0.4) is 0 Å². The number of nitrogens with zero attached hydrogens (tertiary/aromatic N) is 2. The Hall–Kier alpha value is -3.07. The normalized spacial score (nSPS) is 12.3. The largest absolute Gasteiger partial charge is 0.339 e. The van der Waals surface area contributed by atoms with Gasteiger partial charge in [-0.2, -0.15) is 0 Å². The van der Waals surface area contributed by atoms with E-state index in [0.717, 1.165) is 22.8 Å². The van der Waals surface area contributed by atoms with Crippen molar-refractivity contribution in [2.24, 2.45) is 0 Å². The summed E-state index contributed by atoms with van der Waals surface area (Å²) < 4.78 is 2.14. The smallest absolute Gasteiger partial charge is 0.139 e. The van der Waals surface area contributed by atoms with Gasteiger partial charge in [-0.15, -0.1) is 0 Å². The molecular formula is C23H23N3. The molecule has 26 heavy (non-hydrogen) atoms. The third-order valence-corrected chi connectivity index (χ3v) is 4.99. The Bertz CT molecular complexity index is 1030. The summed E-state index contributed by atoms with van der Waals surface area (Å²) >= 11 is 0. The van der Waals surface area contributed by atoms with Crippen LogP contribution in [0.2, 0.25) is 0 Å². The molecule has 0 aliphatic carbocycles. The van der Waals surface area contributed by atoms with Crippen LogP contribution in [0.15, 0.2) is 72.9 Å². The van der Waals surface area contributed by atoms with Crippen LogP contribution in [-0.2, 0) is 0 Å². The number of aryl methyl sites for hydroxylation is 2. The van der Waals surface area contributed by atoms with Crippen LogP contribution in [-0.4, -0.2) is 9.38 Å². The van der Waals surface area contributed by atoms with Crippen molar-refractivity contribution in [2.75, 3.05) is 5.32 Å². The highest BCUT2D eigenvalue weighted by Crippen LogP contribution is 2.33. The van der Waals surface area contributed by atoms with Gasteiger partial charge >= 0.3 is 0 Å². The van der Waals surface area contributed by atoms with Gasteiger partial charge in [0, 0.05) is 17.8 Å². The van der Waals surface area contributed by atoms with Crippen LogP contribution in [0.4, 0.5) is 11.5 Å². The van der Waals surface area contributed by atoms with E-state index in [0.29, 0.717) is 0 Å². The molecule has 4 aromatic rings. The number of fused-ring (bicyclic) bond motifs is 1. The summed E-state index contributed by atoms with van der Waals surface area (Å²) in [5.41, 5.74) is 6.90. The summed E-state index contributed by atoms with van der Waals surface area (Å²) in [6.07, 6.45) is 2.07. The quantitative estimate of drug-likeness (QED) is 0.505. The summed E-state index contributed by atoms with van der Waals surface area (Å²) in [6.45, 7) is 6.49. The summed E-state index contributed by atoms with van der Waals surface area (Å²) in [5, 5.41) is 3.68. The van der Waals surface area contributed by atoms with E-state index in [1.54, 1.807) is 0 Å². The molecule has 3 nitrogen and oxygen atoms in total. The minimum absolute atomic E-state index is 0.197. The van der Waals surface area contributed by atoms with E-state index >= 15 is 0 Å². The molecule has 0 fully saturated rings. The average Bonchev–Trinajstić information content (AvgIpc) is 3.03. The molecule has 3 heteroatoms. The van der Waals surface area contributed by atoms with Gasteiger partial charge in [-0.25, -0.2) is 4.98 Å². The highest BCUT2D eigenvalue weighted by Gasteiger charge is 2.20. The third kappa shape index (κ3) is 2.86. The number of benzene rings is 2. The van der Waals surface area contributed by atoms with Gasteiger partial charge in [-0.05, 0) is 42.7 Å². The maximum absolute atomic E-state index is 4.94. The average molecular weight is 341 g/mol. The first-order valence-corrected chi connectivity index (χ1v) is 9.00. The van der Waals surface area contributed by atoms with Crippen molar-refractivity contribution < 1.29 is 0 Å². The Morgan fingerprint density at radius 3 is 2.27 bits per heavy atom. The second kappa shape index (κ2) is 6.68. The fourth-order valence-corrected chi connectivity index (χ4v) is 3.47. The van der Waals surface area contributed by atoms with Crippen LogP contribution in [0.5, 0.6) is 0 Å². The molecule has 4 rings (SSSR count). The fourth-order valence-electron chi connectivity index (χ4n) is 3.47. The summed E-state index contributed by atoms with van der Waals surface area (Å²) in [5.74, 6) is 1.23. The Kier molecular flexibility index (Phi) is 4.21. The number of hydrogen-bond acceptors (Lipinski definition) is 2. The first-order valence-electron chi connectivity index (χ1n) is 9.00. The molecule has 1 N–H and O–H groups in total. The minimum Gasteiger partial charge on any atom is -0.339 e. The van der Waals surface area contributed by atoms with Gasteiger partial charge in [0.05, 0.1) is 5.69 Å². The lowest BCUT2D eigenvalue weighted by Gasteiger charge is -2.16. The van der Waals surface area contributed by atoms with Crippen molar-refractivity contribution in [3.05, 3.63) is 95.3 Å². The predicted octanol–water partition coefficient (Wildman–Crippen LogP) is 5.85. The predicted molar refractivity (Wildman–Crippen MR) is 108 cm³/mol. The van der Waals surface area contributed by atoms with Crippen LogP contribution in [0, 0.1) is 13.8 Å². The zero-order valence-electron chi connectivity index (χ0n) is 15.4. The molecule has 2 heterocycles. The second-order valence-electron chi connectivity index (χ2n) is 6.80. The number of rotatable bonds is 4. The molecule has 0 aliphatic heterocycles. The number of imidazole rings is 1. The van der Waals surface area contributed by atoms with E-state index in [1.807, 2.05) is 12.1 Å². The zero-order valence-corrected chi connectivity index (χ0v) is 15.4. The van der Waals surface area contributed by atoms with Crippen LogP contribution >= 0.6 is 0 Å². The molecule has 130 valence electrons. The monoisotopic (exact) mass is 341 g/mol. The van der Waals surface area contributed by atoms with Gasteiger partial charge in [0.25, 0.3) is 0 Å². The Morgan fingerprint density at radius 1 is 0.846 bits per heavy atom. The van der Waals surface area contributed by atoms with Crippen LogP contribution in [0.1, 0.15) is 35.2 Å². The lowest BCUT2D eigenvalue weighted by atomic mass is 9.97. The molecule has 0 saturated carbocycles. The highest BCUT2D eigenvalue weighted by molar-refractivity contribution is 5.69. The van der Waals surface area contributed by atoms with E-state index in [-0.39, 0.29) is 5.92 Å². The first kappa shape index (κ1) is 16.4. The van der Waals surface area contributed by atoms with Gasteiger partial charge in [0.1, 0.15) is 11.5 Å². The second-order valence-corrected chi connectivity index (χ2v) is 6.80. The molecule has 0 spiro atoms. The first-order chi connectivity index (χ1) is 12.6. The Morgan fingerprint density at radius 2 is 1.54 bits per heavy atom. The number of anilines is 2. The minimum atomic E-state index is 0.197. The van der Waals surface area contributed by atoms with Crippen LogP contribution in [0.25, 0.3) is 5.65 Å². The molecule has 2 aromatic heterocycles. The van der Waals surface area contributed by atoms with Gasteiger partial charge in [-0.3, -0.25) is 4.40 Å². The van der Waals surface area contributed by atoms with E-state index in [2.05, 4.69) is 91.3 Å². The van der Waals surface area contributed by atoms with Crippen molar-refractivity contribution in [3.63, 3.8) is 0 Å². The van der Waals surface area contributed by atoms with Crippen molar-refractivity contribution in [1.29, 1.82) is 0 Å². The molecule has 0 radical (unpaired) electrons. The van der Waals surface area contributed by atoms with Gasteiger partial charge in [0.2, 0.25) is 0 Å².